The molecule has 7 aromatic carbocycles. The Bertz CT molecular complexity index is 3440. The molecule has 2 heterocycles. The lowest BCUT2D eigenvalue weighted by Crippen LogP contribution is -2.32. The van der Waals surface area contributed by atoms with Crippen molar-refractivity contribution in [3.05, 3.63) is 250 Å². The molecule has 70 heavy (non-hydrogen) atoms. The van der Waals surface area contributed by atoms with Crippen LogP contribution in [0.5, 0.6) is 11.5 Å². The van der Waals surface area contributed by atoms with Gasteiger partial charge >= 0.3 is 0 Å². The number of fused-ring (bicyclic) bond motifs is 7. The van der Waals surface area contributed by atoms with Crippen LogP contribution < -0.4 is 14.5 Å². The summed E-state index contributed by atoms with van der Waals surface area (Å²) in [5.41, 5.74) is 19.7. The Balaban J connectivity index is 1.20. The number of benzene rings is 7. The van der Waals surface area contributed by atoms with Crippen molar-refractivity contribution in [1.29, 1.82) is 0 Å². The van der Waals surface area contributed by atoms with Gasteiger partial charge in [0.2, 0.25) is 0 Å². The van der Waals surface area contributed by atoms with Gasteiger partial charge in [0, 0.05) is 50.5 Å². The van der Waals surface area contributed by atoms with Crippen molar-refractivity contribution in [2.45, 2.75) is 86.0 Å². The number of ether oxygens (including phenoxy) is 1. The van der Waals surface area contributed by atoms with E-state index < -0.39 is 5.41 Å². The standard InChI is InChI=1S/C66H62N2O2/c1-42-21-11-16-26-56(42)67(48-35-31-46(32-36-48)64(5,6)7)45(4)63-62(52-23-13-18-28-58(52)70-63)61-44(3)66(53-24-14-19-29-59(53)69-60-30-20-15-25-54(60)66)55-41-50(39-40-51(55)61)68(57-27-17-12-22-43(57)2)49-37-33-47(34-38-49)65(8,9)10/h11-33,35-37,39-41H,4,34,38H2,1-3,5-10H3. The van der Waals surface area contributed by atoms with Crippen LogP contribution in [-0.2, 0) is 10.8 Å². The maximum Gasteiger partial charge on any atom is 0.159 e. The van der Waals surface area contributed by atoms with Gasteiger partial charge in [-0.05, 0) is 144 Å². The number of anilines is 4. The number of allylic oxidation sites excluding steroid dienone is 5. The second-order valence-electron chi connectivity index (χ2n) is 21.5. The molecule has 348 valence electrons. The molecular weight excluding hydrogens is 853 g/mol. The lowest BCUT2D eigenvalue weighted by molar-refractivity contribution is 0.434. The Morgan fingerprint density at radius 1 is 0.571 bits per heavy atom. The maximum atomic E-state index is 7.22. The van der Waals surface area contributed by atoms with E-state index in [2.05, 4.69) is 248 Å². The van der Waals surface area contributed by atoms with Crippen molar-refractivity contribution >= 4 is 45.0 Å². The lowest BCUT2D eigenvalue weighted by Gasteiger charge is -2.40. The van der Waals surface area contributed by atoms with Gasteiger partial charge < -0.3 is 19.0 Å². The summed E-state index contributed by atoms with van der Waals surface area (Å²) in [4.78, 5) is 4.79. The molecule has 0 amide bonds. The first-order chi connectivity index (χ1) is 33.7. The Labute approximate surface area is 414 Å². The predicted octanol–water partition coefficient (Wildman–Crippen LogP) is 18.2. The number of rotatable bonds is 8. The first-order valence-electron chi connectivity index (χ1n) is 24.8. The fourth-order valence-corrected chi connectivity index (χ4v) is 11.5. The van der Waals surface area contributed by atoms with Crippen LogP contribution in [0.15, 0.2) is 204 Å². The van der Waals surface area contributed by atoms with Crippen LogP contribution in [0.3, 0.4) is 0 Å². The topological polar surface area (TPSA) is 28.9 Å². The van der Waals surface area contributed by atoms with E-state index in [1.165, 1.54) is 39.2 Å². The summed E-state index contributed by atoms with van der Waals surface area (Å²) in [6.07, 6.45) is 6.67. The van der Waals surface area contributed by atoms with E-state index >= 15 is 0 Å². The van der Waals surface area contributed by atoms with Crippen molar-refractivity contribution in [2.24, 2.45) is 5.41 Å². The SMILES string of the molecule is C=C(c1oc2ccccc2c1C1=C(C)C2(c3ccccc3Oc3ccccc32)c2cc(N(C3=CC=C(C(C)(C)C)CC3)c3ccccc3C)ccc21)N(c1ccc(C(C)(C)C)cc1)c1ccccc1C. The summed E-state index contributed by atoms with van der Waals surface area (Å²) in [7, 11) is 0. The maximum absolute atomic E-state index is 7.22. The van der Waals surface area contributed by atoms with E-state index in [1.807, 2.05) is 0 Å². The van der Waals surface area contributed by atoms with Gasteiger partial charge in [0.25, 0.3) is 0 Å². The van der Waals surface area contributed by atoms with Gasteiger partial charge in [0.05, 0.1) is 11.1 Å². The molecule has 0 fully saturated rings. The highest BCUT2D eigenvalue weighted by atomic mass is 16.5. The fraction of sp³-hybridized carbons (Fsp3) is 0.212. The van der Waals surface area contributed by atoms with Gasteiger partial charge in [-0.1, -0.05) is 169 Å². The molecule has 0 atom stereocenters. The molecule has 3 aliphatic rings. The van der Waals surface area contributed by atoms with Crippen LogP contribution >= 0.6 is 0 Å². The molecule has 1 aliphatic heterocycles. The molecule has 0 radical (unpaired) electrons. The molecule has 0 N–H and O–H groups in total. The lowest BCUT2D eigenvalue weighted by atomic mass is 9.65. The summed E-state index contributed by atoms with van der Waals surface area (Å²) >= 11 is 0. The van der Waals surface area contributed by atoms with Gasteiger partial charge in [-0.15, -0.1) is 0 Å². The average Bonchev–Trinajstić information content (AvgIpc) is 3.85. The Morgan fingerprint density at radius 2 is 1.16 bits per heavy atom. The van der Waals surface area contributed by atoms with Crippen LogP contribution in [0.25, 0.3) is 22.2 Å². The van der Waals surface area contributed by atoms with Gasteiger partial charge in [-0.25, -0.2) is 0 Å². The third-order valence-corrected chi connectivity index (χ3v) is 15.1. The highest BCUT2D eigenvalue weighted by molar-refractivity contribution is 6.07. The third-order valence-electron chi connectivity index (χ3n) is 15.1. The third kappa shape index (κ3) is 7.18. The minimum Gasteiger partial charge on any atom is -0.457 e. The number of aryl methyl sites for hydroxylation is 2. The van der Waals surface area contributed by atoms with Crippen molar-refractivity contribution in [1.82, 2.24) is 0 Å². The predicted molar refractivity (Wildman–Crippen MR) is 293 cm³/mol. The largest absolute Gasteiger partial charge is 0.457 e. The molecule has 1 aromatic heterocycles. The molecule has 4 nitrogen and oxygen atoms in total. The smallest absolute Gasteiger partial charge is 0.159 e. The quantitative estimate of drug-likeness (QED) is 0.152. The molecule has 1 spiro atoms. The van der Waals surface area contributed by atoms with Crippen molar-refractivity contribution in [3.63, 3.8) is 0 Å². The van der Waals surface area contributed by atoms with Crippen molar-refractivity contribution < 1.29 is 9.15 Å². The zero-order chi connectivity index (χ0) is 48.7. The van der Waals surface area contributed by atoms with Crippen molar-refractivity contribution in [3.8, 4) is 11.5 Å². The molecule has 0 unspecified atom stereocenters. The fourth-order valence-electron chi connectivity index (χ4n) is 11.5. The molecule has 8 aromatic rings. The number of hydrogen-bond donors (Lipinski definition) is 0. The van der Waals surface area contributed by atoms with E-state index in [0.29, 0.717) is 0 Å². The summed E-state index contributed by atoms with van der Waals surface area (Å²) in [5, 5.41) is 1.04. The normalized spacial score (nSPS) is 14.9. The highest BCUT2D eigenvalue weighted by Crippen LogP contribution is 2.63. The number of nitrogens with zero attached hydrogens (tertiary/aromatic N) is 2. The Hall–Kier alpha value is -7.56. The first kappa shape index (κ1) is 44.9. The summed E-state index contributed by atoms with van der Waals surface area (Å²) in [6, 6.07) is 59.3. The summed E-state index contributed by atoms with van der Waals surface area (Å²) < 4.78 is 14.1. The van der Waals surface area contributed by atoms with Gasteiger partial charge in [0.1, 0.15) is 17.1 Å². The van der Waals surface area contributed by atoms with E-state index in [4.69, 9.17) is 15.7 Å². The zero-order valence-corrected chi connectivity index (χ0v) is 42.1. The monoisotopic (exact) mass is 914 g/mol. The van der Waals surface area contributed by atoms with Gasteiger partial charge in [-0.3, -0.25) is 0 Å². The van der Waals surface area contributed by atoms with E-state index in [1.54, 1.807) is 0 Å². The van der Waals surface area contributed by atoms with E-state index in [-0.39, 0.29) is 10.8 Å². The van der Waals surface area contributed by atoms with Crippen molar-refractivity contribution in [2.75, 3.05) is 9.80 Å². The second kappa shape index (κ2) is 16.8. The van der Waals surface area contributed by atoms with Crippen LogP contribution in [0, 0.1) is 19.3 Å². The van der Waals surface area contributed by atoms with Crippen LogP contribution in [0.1, 0.15) is 112 Å². The number of furan rings is 1. The molecule has 2 aliphatic carbocycles. The minimum absolute atomic E-state index is 0.00314. The zero-order valence-electron chi connectivity index (χ0n) is 42.1. The Kier molecular flexibility index (Phi) is 10.8. The van der Waals surface area contributed by atoms with Crippen LogP contribution in [0.4, 0.5) is 22.7 Å². The van der Waals surface area contributed by atoms with E-state index in [0.717, 1.165) is 97.2 Å². The Morgan fingerprint density at radius 3 is 1.77 bits per heavy atom. The molecular formula is C66H62N2O2. The van der Waals surface area contributed by atoms with Gasteiger partial charge in [0.15, 0.2) is 5.76 Å². The van der Waals surface area contributed by atoms with Crippen LogP contribution in [0.2, 0.25) is 0 Å². The molecule has 0 saturated carbocycles. The molecule has 0 saturated heterocycles. The summed E-state index contributed by atoms with van der Waals surface area (Å²) in [6.45, 7) is 25.5. The molecule has 4 heteroatoms. The first-order valence-corrected chi connectivity index (χ1v) is 24.8. The number of para-hydroxylation sites is 5. The van der Waals surface area contributed by atoms with Gasteiger partial charge in [-0.2, -0.15) is 0 Å². The average molecular weight is 915 g/mol. The van der Waals surface area contributed by atoms with E-state index in [9.17, 15) is 0 Å². The minimum atomic E-state index is -0.723. The number of hydrogen-bond acceptors (Lipinski definition) is 4. The molecule has 0 bridgehead atoms. The highest BCUT2D eigenvalue weighted by Gasteiger charge is 2.52. The molecule has 11 rings (SSSR count). The summed E-state index contributed by atoms with van der Waals surface area (Å²) in [5.74, 6) is 2.44. The van der Waals surface area contributed by atoms with Crippen LogP contribution in [-0.4, -0.2) is 0 Å². The second-order valence-corrected chi connectivity index (χ2v) is 21.5.